The number of thioether (sulfide) groups is 1. The van der Waals surface area contributed by atoms with Crippen LogP contribution in [0.25, 0.3) is 0 Å². The minimum atomic E-state index is -0.403. The van der Waals surface area contributed by atoms with Crippen molar-refractivity contribution in [2.24, 2.45) is 0 Å². The number of rotatable bonds is 12. The van der Waals surface area contributed by atoms with E-state index in [9.17, 15) is 14.0 Å². The van der Waals surface area contributed by atoms with Crippen LogP contribution in [0.3, 0.4) is 0 Å². The zero-order valence-electron chi connectivity index (χ0n) is 20.1. The molecule has 0 aliphatic rings. The summed E-state index contributed by atoms with van der Waals surface area (Å²) in [5.74, 6) is 0.865. The molecule has 2 heterocycles. The molecule has 190 valence electrons. The molecule has 4 aromatic rings. The number of nitrogens with zero attached hydrogens (tertiary/aromatic N) is 4. The Morgan fingerprint density at radius 3 is 1.86 bits per heavy atom. The number of halogens is 1. The third-order valence-corrected chi connectivity index (χ3v) is 8.05. The fourth-order valence-electron chi connectivity index (χ4n) is 3.35. The summed E-state index contributed by atoms with van der Waals surface area (Å²) in [5, 5.41) is 24.5. The molecule has 2 aromatic heterocycles. The lowest BCUT2D eigenvalue weighted by Gasteiger charge is -2.04. The van der Waals surface area contributed by atoms with Gasteiger partial charge in [0.1, 0.15) is 23.7 Å². The molecule has 2 amide bonds. The van der Waals surface area contributed by atoms with Crippen LogP contribution in [-0.2, 0) is 35.3 Å². The number of carbonyl (C=O) groups is 2. The molecule has 2 aromatic carbocycles. The molecule has 0 saturated carbocycles. The van der Waals surface area contributed by atoms with Crippen LogP contribution in [0.1, 0.15) is 21.1 Å². The Bertz CT molecular complexity index is 1260. The normalized spacial score (nSPS) is 10.8. The standard InChI is InChI=1S/C24H24BFN6O2S3/c25-17-7-3-1-5-15(17)13-19(33)27-23-31-29-21(36-23)9-11-35-12-10-22-30-32-24(37-22)28-20(34)14-16-6-2-4-8-18(16)26/h1-8H,9-14,25H2,(H,27,31,33)(H,28,32,34). The van der Waals surface area contributed by atoms with Crippen LogP contribution in [0.15, 0.2) is 48.5 Å². The van der Waals surface area contributed by atoms with Gasteiger partial charge in [0, 0.05) is 12.8 Å². The van der Waals surface area contributed by atoms with E-state index in [2.05, 4.69) is 31.0 Å². The summed E-state index contributed by atoms with van der Waals surface area (Å²) in [4.78, 5) is 24.5. The third-order valence-electron chi connectivity index (χ3n) is 5.27. The van der Waals surface area contributed by atoms with E-state index >= 15 is 0 Å². The van der Waals surface area contributed by atoms with Gasteiger partial charge < -0.3 is 10.6 Å². The second kappa shape index (κ2) is 13.4. The summed E-state index contributed by atoms with van der Waals surface area (Å²) in [5.41, 5.74) is 2.42. The fraction of sp³-hybridized carbons (Fsp3) is 0.250. The molecule has 4 rings (SSSR count). The Labute approximate surface area is 226 Å². The van der Waals surface area contributed by atoms with Crippen molar-refractivity contribution in [3.05, 3.63) is 75.5 Å². The summed E-state index contributed by atoms with van der Waals surface area (Å²) in [6.45, 7) is 0. The average Bonchev–Trinajstić information content (AvgIpc) is 3.51. The Morgan fingerprint density at radius 1 is 0.784 bits per heavy atom. The molecule has 0 aliphatic carbocycles. The van der Waals surface area contributed by atoms with E-state index in [1.807, 2.05) is 32.1 Å². The summed E-state index contributed by atoms with van der Waals surface area (Å²) in [6, 6.07) is 14.0. The van der Waals surface area contributed by atoms with Gasteiger partial charge in [-0.1, -0.05) is 70.6 Å². The first-order valence-electron chi connectivity index (χ1n) is 11.6. The van der Waals surface area contributed by atoms with Crippen molar-refractivity contribution in [2.45, 2.75) is 25.7 Å². The highest BCUT2D eigenvalue weighted by Gasteiger charge is 2.12. The Kier molecular flexibility index (Phi) is 9.74. The zero-order valence-corrected chi connectivity index (χ0v) is 22.5. The van der Waals surface area contributed by atoms with Crippen molar-refractivity contribution in [1.29, 1.82) is 0 Å². The molecule has 8 nitrogen and oxygen atoms in total. The Hall–Kier alpha value is -3.16. The van der Waals surface area contributed by atoms with Crippen molar-refractivity contribution in [3.63, 3.8) is 0 Å². The molecule has 0 bridgehead atoms. The number of carbonyl (C=O) groups excluding carboxylic acids is 2. The summed E-state index contributed by atoms with van der Waals surface area (Å²) >= 11 is 4.47. The second-order valence-electron chi connectivity index (χ2n) is 8.08. The van der Waals surface area contributed by atoms with Gasteiger partial charge in [-0.3, -0.25) is 9.59 Å². The number of aromatic nitrogens is 4. The van der Waals surface area contributed by atoms with Gasteiger partial charge in [-0.15, -0.1) is 20.4 Å². The van der Waals surface area contributed by atoms with E-state index < -0.39 is 5.82 Å². The van der Waals surface area contributed by atoms with E-state index in [1.165, 1.54) is 28.7 Å². The monoisotopic (exact) mass is 554 g/mol. The lowest BCUT2D eigenvalue weighted by Crippen LogP contribution is -2.19. The van der Waals surface area contributed by atoms with Gasteiger partial charge >= 0.3 is 0 Å². The SMILES string of the molecule is Bc1ccccc1CC(=O)Nc1nnc(CCSCCc2nnc(NC(=O)Cc3ccccc3F)s2)s1. The van der Waals surface area contributed by atoms with Gasteiger partial charge in [-0.25, -0.2) is 4.39 Å². The van der Waals surface area contributed by atoms with Crippen LogP contribution in [0.5, 0.6) is 0 Å². The number of anilines is 2. The maximum Gasteiger partial charge on any atom is 0.230 e. The number of hydrogen-bond donors (Lipinski definition) is 2. The first-order chi connectivity index (χ1) is 18.0. The minimum absolute atomic E-state index is 0.0544. The van der Waals surface area contributed by atoms with Gasteiger partial charge in [0.15, 0.2) is 0 Å². The van der Waals surface area contributed by atoms with E-state index in [1.54, 1.807) is 30.0 Å². The minimum Gasteiger partial charge on any atom is -0.300 e. The highest BCUT2D eigenvalue weighted by molar-refractivity contribution is 7.99. The zero-order chi connectivity index (χ0) is 26.0. The molecule has 0 atom stereocenters. The van der Waals surface area contributed by atoms with Crippen molar-refractivity contribution < 1.29 is 14.0 Å². The van der Waals surface area contributed by atoms with E-state index in [4.69, 9.17) is 0 Å². The molecule has 0 fully saturated rings. The molecule has 0 unspecified atom stereocenters. The maximum absolute atomic E-state index is 13.7. The predicted molar refractivity (Wildman–Crippen MR) is 150 cm³/mol. The van der Waals surface area contributed by atoms with Crippen molar-refractivity contribution in [3.8, 4) is 0 Å². The second-order valence-corrected chi connectivity index (χ2v) is 11.4. The van der Waals surface area contributed by atoms with Crippen molar-refractivity contribution >= 4 is 69.8 Å². The quantitative estimate of drug-likeness (QED) is 0.205. The molecule has 13 heteroatoms. The molecular formula is C24H24BFN6O2S3. The highest BCUT2D eigenvalue weighted by Crippen LogP contribution is 2.20. The molecular weight excluding hydrogens is 530 g/mol. The first-order valence-corrected chi connectivity index (χ1v) is 14.3. The van der Waals surface area contributed by atoms with E-state index in [0.29, 0.717) is 22.2 Å². The van der Waals surface area contributed by atoms with Gasteiger partial charge in [0.05, 0.1) is 12.8 Å². The average molecular weight is 555 g/mol. The van der Waals surface area contributed by atoms with Crippen molar-refractivity contribution in [2.75, 3.05) is 22.1 Å². The van der Waals surface area contributed by atoms with Gasteiger partial charge in [-0.05, 0) is 28.7 Å². The van der Waals surface area contributed by atoms with Crippen LogP contribution in [0, 0.1) is 5.82 Å². The molecule has 0 aliphatic heterocycles. The number of hydrogen-bond acceptors (Lipinski definition) is 9. The molecule has 0 spiro atoms. The van der Waals surface area contributed by atoms with Crippen molar-refractivity contribution in [1.82, 2.24) is 20.4 Å². The molecule has 2 N–H and O–H groups in total. The predicted octanol–water partition coefficient (Wildman–Crippen LogP) is 2.67. The topological polar surface area (TPSA) is 110 Å². The van der Waals surface area contributed by atoms with Crippen LogP contribution in [0.2, 0.25) is 0 Å². The van der Waals surface area contributed by atoms with Gasteiger partial charge in [0.25, 0.3) is 0 Å². The Balaban J connectivity index is 1.13. The molecule has 0 saturated heterocycles. The van der Waals surface area contributed by atoms with E-state index in [0.717, 1.165) is 45.4 Å². The van der Waals surface area contributed by atoms with Gasteiger partial charge in [-0.2, -0.15) is 11.8 Å². The fourth-order valence-corrected chi connectivity index (χ4v) is 6.00. The highest BCUT2D eigenvalue weighted by atomic mass is 32.2. The Morgan fingerprint density at radius 2 is 1.30 bits per heavy atom. The lowest BCUT2D eigenvalue weighted by molar-refractivity contribution is -0.116. The summed E-state index contributed by atoms with van der Waals surface area (Å²) in [7, 11) is 1.99. The van der Waals surface area contributed by atoms with Crippen LogP contribution >= 0.6 is 34.4 Å². The first kappa shape index (κ1) is 26.9. The number of benzene rings is 2. The number of nitrogens with one attached hydrogen (secondary N) is 2. The smallest absolute Gasteiger partial charge is 0.230 e. The number of aryl methyl sites for hydroxylation is 2. The summed E-state index contributed by atoms with van der Waals surface area (Å²) in [6.07, 6.45) is 1.73. The van der Waals surface area contributed by atoms with Crippen LogP contribution in [-0.4, -0.2) is 51.6 Å². The number of amides is 2. The maximum atomic E-state index is 13.7. The van der Waals surface area contributed by atoms with E-state index in [-0.39, 0.29) is 18.2 Å². The van der Waals surface area contributed by atoms with Crippen LogP contribution < -0.4 is 16.1 Å². The molecule has 0 radical (unpaired) electrons. The van der Waals surface area contributed by atoms with Gasteiger partial charge in [0.2, 0.25) is 22.1 Å². The molecule has 37 heavy (non-hydrogen) atoms. The van der Waals surface area contributed by atoms with Crippen LogP contribution in [0.4, 0.5) is 14.7 Å². The lowest BCUT2D eigenvalue weighted by atomic mass is 9.89. The summed E-state index contributed by atoms with van der Waals surface area (Å²) < 4.78 is 13.7. The largest absolute Gasteiger partial charge is 0.300 e. The third kappa shape index (κ3) is 8.44.